The van der Waals surface area contributed by atoms with Gasteiger partial charge in [-0.25, -0.2) is 0 Å². The van der Waals surface area contributed by atoms with Crippen LogP contribution >= 0.6 is 12.4 Å². The maximum absolute atomic E-state index is 12.8. The van der Waals surface area contributed by atoms with Gasteiger partial charge < -0.3 is 15.4 Å². The molecular weight excluding hydrogens is 345 g/mol. The molecule has 1 amide bonds. The maximum atomic E-state index is 12.8. The molecular formula is C16H22ClF3N2O2. The highest BCUT2D eigenvalue weighted by atomic mass is 35.5. The van der Waals surface area contributed by atoms with Crippen molar-refractivity contribution in [3.8, 4) is 0 Å². The van der Waals surface area contributed by atoms with Crippen LogP contribution in [-0.2, 0) is 21.1 Å². The van der Waals surface area contributed by atoms with E-state index in [4.69, 9.17) is 4.74 Å². The van der Waals surface area contributed by atoms with Gasteiger partial charge in [-0.05, 0) is 11.6 Å². The zero-order valence-corrected chi connectivity index (χ0v) is 14.4. The van der Waals surface area contributed by atoms with Crippen molar-refractivity contribution in [1.82, 2.24) is 10.6 Å². The number of amides is 1. The molecule has 0 bridgehead atoms. The van der Waals surface area contributed by atoms with Crippen molar-refractivity contribution in [3.63, 3.8) is 0 Å². The molecule has 136 valence electrons. The second-order valence-corrected chi connectivity index (χ2v) is 6.24. The molecule has 2 rings (SSSR count). The third-order valence-corrected chi connectivity index (χ3v) is 3.90. The number of ether oxygens (including phenoxy) is 1. The first-order valence-corrected chi connectivity index (χ1v) is 7.48. The van der Waals surface area contributed by atoms with Gasteiger partial charge in [-0.15, -0.1) is 12.4 Å². The summed E-state index contributed by atoms with van der Waals surface area (Å²) in [6.07, 6.45) is -4.93. The fraction of sp³-hybridized carbons (Fsp3) is 0.562. The van der Waals surface area contributed by atoms with Crippen LogP contribution in [0.1, 0.15) is 25.0 Å². The quantitative estimate of drug-likeness (QED) is 0.861. The number of rotatable bonds is 4. The lowest BCUT2D eigenvalue weighted by atomic mass is 9.83. The molecule has 24 heavy (non-hydrogen) atoms. The number of nitrogens with one attached hydrogen (secondary N) is 2. The second-order valence-electron chi connectivity index (χ2n) is 6.24. The summed E-state index contributed by atoms with van der Waals surface area (Å²) >= 11 is 0. The Morgan fingerprint density at radius 1 is 1.33 bits per heavy atom. The van der Waals surface area contributed by atoms with Gasteiger partial charge in [0.25, 0.3) is 0 Å². The van der Waals surface area contributed by atoms with E-state index < -0.39 is 23.3 Å². The van der Waals surface area contributed by atoms with Crippen LogP contribution in [0.15, 0.2) is 24.3 Å². The Kier molecular flexibility index (Phi) is 7.07. The monoisotopic (exact) mass is 366 g/mol. The Morgan fingerprint density at radius 2 is 2.00 bits per heavy atom. The van der Waals surface area contributed by atoms with E-state index in [-0.39, 0.29) is 24.9 Å². The van der Waals surface area contributed by atoms with Gasteiger partial charge >= 0.3 is 6.18 Å². The summed E-state index contributed by atoms with van der Waals surface area (Å²) in [6, 6.07) is 5.19. The number of carbonyl (C=O) groups is 1. The van der Waals surface area contributed by atoms with Gasteiger partial charge in [-0.1, -0.05) is 32.0 Å². The first-order chi connectivity index (χ1) is 10.7. The largest absolute Gasteiger partial charge is 0.416 e. The van der Waals surface area contributed by atoms with Crippen molar-refractivity contribution in [2.24, 2.45) is 0 Å². The average Bonchev–Trinajstić information content (AvgIpc) is 2.53. The Hall–Kier alpha value is -1.31. The lowest BCUT2D eigenvalue weighted by Gasteiger charge is -2.28. The molecule has 2 N–H and O–H groups in total. The van der Waals surface area contributed by atoms with E-state index in [9.17, 15) is 18.0 Å². The van der Waals surface area contributed by atoms with Crippen LogP contribution in [0.4, 0.5) is 13.2 Å². The van der Waals surface area contributed by atoms with Crippen LogP contribution in [0.5, 0.6) is 0 Å². The minimum absolute atomic E-state index is 0. The minimum Gasteiger partial charge on any atom is -0.366 e. The van der Waals surface area contributed by atoms with Gasteiger partial charge in [-0.2, -0.15) is 13.2 Å². The lowest BCUT2D eigenvalue weighted by molar-refractivity contribution is -0.137. The van der Waals surface area contributed by atoms with Crippen LogP contribution in [0, 0.1) is 0 Å². The van der Waals surface area contributed by atoms with Gasteiger partial charge in [0.1, 0.15) is 6.10 Å². The van der Waals surface area contributed by atoms with Crippen LogP contribution in [0.25, 0.3) is 0 Å². The molecule has 0 aliphatic carbocycles. The van der Waals surface area contributed by atoms with Gasteiger partial charge in [0, 0.05) is 25.0 Å². The van der Waals surface area contributed by atoms with Crippen molar-refractivity contribution in [1.29, 1.82) is 0 Å². The Balaban J connectivity index is 0.00000288. The van der Waals surface area contributed by atoms with Gasteiger partial charge in [0.2, 0.25) is 5.91 Å². The summed E-state index contributed by atoms with van der Waals surface area (Å²) in [6.45, 7) is 5.43. The molecule has 1 heterocycles. The van der Waals surface area contributed by atoms with E-state index >= 15 is 0 Å². The van der Waals surface area contributed by atoms with Crippen LogP contribution in [0.3, 0.4) is 0 Å². The van der Waals surface area contributed by atoms with Crippen LogP contribution in [0.2, 0.25) is 0 Å². The van der Waals surface area contributed by atoms with Crippen molar-refractivity contribution >= 4 is 18.3 Å². The summed E-state index contributed by atoms with van der Waals surface area (Å²) < 4.78 is 43.8. The van der Waals surface area contributed by atoms with Crippen LogP contribution in [-0.4, -0.2) is 38.3 Å². The standard InChI is InChI=1S/C16H21F3N2O2.ClH/c1-15(2,10-21-14(22)13-9-20-6-7-23-13)11-4-3-5-12(8-11)16(17,18)19;/h3-5,8,13,20H,6-7,9-10H2,1-2H3,(H,21,22);1H. The molecule has 1 aromatic rings. The molecule has 8 heteroatoms. The highest BCUT2D eigenvalue weighted by Gasteiger charge is 2.32. The Morgan fingerprint density at radius 3 is 2.58 bits per heavy atom. The number of hydrogen-bond acceptors (Lipinski definition) is 3. The minimum atomic E-state index is -4.38. The second kappa shape index (κ2) is 8.18. The molecule has 1 aromatic carbocycles. The molecule has 1 aliphatic rings. The summed E-state index contributed by atoms with van der Waals surface area (Å²) in [5.41, 5.74) is -0.788. The highest BCUT2D eigenvalue weighted by molar-refractivity contribution is 5.85. The van der Waals surface area contributed by atoms with E-state index in [2.05, 4.69) is 10.6 Å². The predicted octanol–water partition coefficient (Wildman–Crippen LogP) is 2.51. The zero-order chi connectivity index (χ0) is 17.1. The van der Waals surface area contributed by atoms with E-state index in [1.807, 2.05) is 0 Å². The van der Waals surface area contributed by atoms with Crippen LogP contribution < -0.4 is 10.6 Å². The fourth-order valence-electron chi connectivity index (χ4n) is 2.37. The van der Waals surface area contributed by atoms with E-state index in [1.165, 1.54) is 6.07 Å². The number of hydrogen-bond donors (Lipinski definition) is 2. The Labute approximate surface area is 145 Å². The van der Waals surface area contributed by atoms with Gasteiger partial charge in [-0.3, -0.25) is 4.79 Å². The highest BCUT2D eigenvalue weighted by Crippen LogP contribution is 2.32. The fourth-order valence-corrected chi connectivity index (χ4v) is 2.37. The normalized spacial score (nSPS) is 18.6. The summed E-state index contributed by atoms with van der Waals surface area (Å²) in [5, 5.41) is 5.82. The van der Waals surface area contributed by atoms with E-state index in [1.54, 1.807) is 19.9 Å². The van der Waals surface area contributed by atoms with E-state index in [0.29, 0.717) is 25.3 Å². The zero-order valence-electron chi connectivity index (χ0n) is 13.6. The number of halogens is 4. The van der Waals surface area contributed by atoms with Crippen molar-refractivity contribution in [2.45, 2.75) is 31.5 Å². The van der Waals surface area contributed by atoms with Gasteiger partial charge in [0.15, 0.2) is 0 Å². The molecule has 0 aromatic heterocycles. The molecule has 1 unspecified atom stereocenters. The molecule has 1 saturated heterocycles. The summed E-state index contributed by atoms with van der Waals surface area (Å²) in [4.78, 5) is 12.0. The predicted molar refractivity (Wildman–Crippen MR) is 87.3 cm³/mol. The van der Waals surface area contributed by atoms with E-state index in [0.717, 1.165) is 12.1 Å². The molecule has 0 radical (unpaired) electrons. The molecule has 4 nitrogen and oxygen atoms in total. The van der Waals surface area contributed by atoms with Crippen molar-refractivity contribution in [2.75, 3.05) is 26.2 Å². The third kappa shape index (κ3) is 5.36. The number of morpholine rings is 1. The number of benzene rings is 1. The SMILES string of the molecule is CC(C)(CNC(=O)C1CNCCO1)c1cccc(C(F)(F)F)c1.Cl. The summed E-state index contributed by atoms with van der Waals surface area (Å²) in [5.74, 6) is -0.253. The maximum Gasteiger partial charge on any atom is 0.416 e. The molecule has 1 aliphatic heterocycles. The number of alkyl halides is 3. The molecule has 0 saturated carbocycles. The Bertz CT molecular complexity index is 558. The third-order valence-electron chi connectivity index (χ3n) is 3.90. The molecule has 1 atom stereocenters. The summed E-state index contributed by atoms with van der Waals surface area (Å²) in [7, 11) is 0. The van der Waals surface area contributed by atoms with Crippen molar-refractivity contribution in [3.05, 3.63) is 35.4 Å². The molecule has 1 fully saturated rings. The van der Waals surface area contributed by atoms with Crippen molar-refractivity contribution < 1.29 is 22.7 Å². The topological polar surface area (TPSA) is 50.4 Å². The smallest absolute Gasteiger partial charge is 0.366 e. The first-order valence-electron chi connectivity index (χ1n) is 7.48. The molecule has 0 spiro atoms. The lowest BCUT2D eigenvalue weighted by Crippen LogP contribution is -2.49. The first kappa shape index (κ1) is 20.7. The number of carbonyl (C=O) groups excluding carboxylic acids is 1. The van der Waals surface area contributed by atoms with Gasteiger partial charge in [0.05, 0.1) is 12.2 Å². The average molecular weight is 367 g/mol.